The summed E-state index contributed by atoms with van der Waals surface area (Å²) in [5.74, 6) is 0.783. The smallest absolute Gasteiger partial charge is 0.178 e. The Kier molecular flexibility index (Phi) is 4.46. The van der Waals surface area contributed by atoms with Gasteiger partial charge in [0.25, 0.3) is 0 Å². The number of aryl methyl sites for hydroxylation is 1. The molecule has 1 heterocycles. The molecule has 104 valence electrons. The first-order valence-electron chi connectivity index (χ1n) is 7.20. The lowest BCUT2D eigenvalue weighted by Gasteiger charge is -2.15. The van der Waals surface area contributed by atoms with Gasteiger partial charge in [-0.3, -0.25) is 0 Å². The molecule has 2 rings (SSSR count). The molecular formula is C16H24N2S. The summed E-state index contributed by atoms with van der Waals surface area (Å²) in [4.78, 5) is 3.35. The quantitative estimate of drug-likeness (QED) is 0.726. The highest BCUT2D eigenvalue weighted by atomic mass is 32.1. The van der Waals surface area contributed by atoms with Crippen molar-refractivity contribution in [1.29, 1.82) is 0 Å². The van der Waals surface area contributed by atoms with Crippen LogP contribution in [0, 0.1) is 17.6 Å². The molecule has 0 radical (unpaired) electrons. The lowest BCUT2D eigenvalue weighted by molar-refractivity contribution is 0.451. The fraction of sp³-hybridized carbons (Fsp3) is 0.562. The molecule has 19 heavy (non-hydrogen) atoms. The molecule has 1 aromatic heterocycles. The predicted octanol–water partition coefficient (Wildman–Crippen LogP) is 5.39. The molecule has 3 heteroatoms. The second kappa shape index (κ2) is 5.91. The summed E-state index contributed by atoms with van der Waals surface area (Å²) in [6.07, 6.45) is 3.74. The van der Waals surface area contributed by atoms with E-state index in [1.807, 2.05) is 0 Å². The summed E-state index contributed by atoms with van der Waals surface area (Å²) in [6, 6.07) is 6.86. The maximum atomic E-state index is 5.50. The lowest BCUT2D eigenvalue weighted by atomic mass is 10.0. The van der Waals surface area contributed by atoms with Gasteiger partial charge in [-0.1, -0.05) is 38.8 Å². The first kappa shape index (κ1) is 14.3. The monoisotopic (exact) mass is 276 g/mol. The van der Waals surface area contributed by atoms with Crippen LogP contribution in [0.4, 0.5) is 0 Å². The fourth-order valence-corrected chi connectivity index (χ4v) is 3.06. The normalized spacial score (nSPS) is 13.3. The van der Waals surface area contributed by atoms with Crippen LogP contribution in [0.25, 0.3) is 11.0 Å². The molecule has 2 aromatic rings. The van der Waals surface area contributed by atoms with Crippen molar-refractivity contribution in [3.05, 3.63) is 28.5 Å². The SMILES string of the molecule is Cc1cccc2c1[nH]c(=S)n2C(C)CCCC(C)C. The highest BCUT2D eigenvalue weighted by Crippen LogP contribution is 2.25. The second-order valence-corrected chi connectivity index (χ2v) is 6.33. The molecule has 0 aliphatic rings. The van der Waals surface area contributed by atoms with E-state index in [0.29, 0.717) is 6.04 Å². The third-order valence-electron chi connectivity index (χ3n) is 3.81. The Morgan fingerprint density at radius 1 is 1.21 bits per heavy atom. The van der Waals surface area contributed by atoms with Crippen molar-refractivity contribution in [1.82, 2.24) is 9.55 Å². The van der Waals surface area contributed by atoms with Crippen LogP contribution in [-0.4, -0.2) is 9.55 Å². The van der Waals surface area contributed by atoms with Crippen molar-refractivity contribution in [3.8, 4) is 0 Å². The number of benzene rings is 1. The van der Waals surface area contributed by atoms with Gasteiger partial charge in [0.05, 0.1) is 11.0 Å². The molecule has 0 spiro atoms. The molecule has 1 N–H and O–H groups in total. The fourth-order valence-electron chi connectivity index (χ4n) is 2.68. The van der Waals surface area contributed by atoms with Crippen LogP contribution in [0.2, 0.25) is 0 Å². The number of imidazole rings is 1. The summed E-state index contributed by atoms with van der Waals surface area (Å²) in [5, 5.41) is 0. The Morgan fingerprint density at radius 2 is 1.95 bits per heavy atom. The molecule has 0 saturated carbocycles. The van der Waals surface area contributed by atoms with Gasteiger partial charge in [-0.15, -0.1) is 0 Å². The molecule has 0 fully saturated rings. The minimum absolute atomic E-state index is 0.460. The van der Waals surface area contributed by atoms with Gasteiger partial charge < -0.3 is 9.55 Å². The van der Waals surface area contributed by atoms with Crippen LogP contribution in [0.15, 0.2) is 18.2 Å². The van der Waals surface area contributed by atoms with Crippen LogP contribution in [0.1, 0.15) is 51.6 Å². The number of hydrogen-bond acceptors (Lipinski definition) is 1. The van der Waals surface area contributed by atoms with Crippen LogP contribution in [0.3, 0.4) is 0 Å². The first-order chi connectivity index (χ1) is 9.00. The zero-order chi connectivity index (χ0) is 14.0. The van der Waals surface area contributed by atoms with Crippen molar-refractivity contribution >= 4 is 23.3 Å². The summed E-state index contributed by atoms with van der Waals surface area (Å²) < 4.78 is 3.12. The molecule has 0 amide bonds. The maximum Gasteiger partial charge on any atom is 0.178 e. The topological polar surface area (TPSA) is 20.7 Å². The molecule has 0 aliphatic heterocycles. The number of hydrogen-bond donors (Lipinski definition) is 1. The molecule has 1 unspecified atom stereocenters. The van der Waals surface area contributed by atoms with E-state index in [-0.39, 0.29) is 0 Å². The zero-order valence-corrected chi connectivity index (χ0v) is 13.2. The van der Waals surface area contributed by atoms with Crippen molar-refractivity contribution < 1.29 is 0 Å². The number of para-hydroxylation sites is 1. The van der Waals surface area contributed by atoms with Gasteiger partial charge in [0.2, 0.25) is 0 Å². The second-order valence-electron chi connectivity index (χ2n) is 5.94. The third kappa shape index (κ3) is 3.08. The van der Waals surface area contributed by atoms with Gasteiger partial charge in [-0.05, 0) is 50.0 Å². The molecule has 1 aromatic carbocycles. The Morgan fingerprint density at radius 3 is 2.63 bits per heavy atom. The van der Waals surface area contributed by atoms with Crippen LogP contribution >= 0.6 is 12.2 Å². The minimum Gasteiger partial charge on any atom is -0.330 e. The summed E-state index contributed by atoms with van der Waals surface area (Å²) in [5.41, 5.74) is 3.68. The third-order valence-corrected chi connectivity index (χ3v) is 4.10. The number of H-pyrrole nitrogens is 1. The summed E-state index contributed by atoms with van der Waals surface area (Å²) in [6.45, 7) is 8.96. The van der Waals surface area contributed by atoms with Gasteiger partial charge in [0, 0.05) is 6.04 Å². The lowest BCUT2D eigenvalue weighted by Crippen LogP contribution is -2.05. The van der Waals surface area contributed by atoms with E-state index in [4.69, 9.17) is 12.2 Å². The van der Waals surface area contributed by atoms with E-state index >= 15 is 0 Å². The Hall–Kier alpha value is -1.09. The molecule has 0 aliphatic carbocycles. The molecule has 2 nitrogen and oxygen atoms in total. The number of nitrogens with one attached hydrogen (secondary N) is 1. The van der Waals surface area contributed by atoms with Crippen LogP contribution < -0.4 is 0 Å². The predicted molar refractivity (Wildman–Crippen MR) is 85.3 cm³/mol. The maximum absolute atomic E-state index is 5.50. The average molecular weight is 276 g/mol. The van der Waals surface area contributed by atoms with Gasteiger partial charge in [0.15, 0.2) is 4.77 Å². The van der Waals surface area contributed by atoms with E-state index in [9.17, 15) is 0 Å². The highest BCUT2D eigenvalue weighted by Gasteiger charge is 2.12. The van der Waals surface area contributed by atoms with E-state index < -0.39 is 0 Å². The molecular weight excluding hydrogens is 252 g/mol. The van der Waals surface area contributed by atoms with Gasteiger partial charge in [0.1, 0.15) is 0 Å². The summed E-state index contributed by atoms with van der Waals surface area (Å²) >= 11 is 5.50. The van der Waals surface area contributed by atoms with Gasteiger partial charge in [-0.25, -0.2) is 0 Å². The zero-order valence-electron chi connectivity index (χ0n) is 12.4. The van der Waals surface area contributed by atoms with E-state index in [1.165, 1.54) is 35.9 Å². The molecule has 0 bridgehead atoms. The Bertz CT molecular complexity index is 607. The number of fused-ring (bicyclic) bond motifs is 1. The van der Waals surface area contributed by atoms with Crippen molar-refractivity contribution in [3.63, 3.8) is 0 Å². The van der Waals surface area contributed by atoms with E-state index in [2.05, 4.69) is 55.4 Å². The summed E-state index contributed by atoms with van der Waals surface area (Å²) in [7, 11) is 0. The van der Waals surface area contributed by atoms with Crippen molar-refractivity contribution in [2.75, 3.05) is 0 Å². The molecule has 0 saturated heterocycles. The number of aromatic amines is 1. The van der Waals surface area contributed by atoms with Gasteiger partial charge in [-0.2, -0.15) is 0 Å². The minimum atomic E-state index is 0.460. The number of nitrogens with zero attached hydrogens (tertiary/aromatic N) is 1. The van der Waals surface area contributed by atoms with Crippen LogP contribution in [0.5, 0.6) is 0 Å². The Balaban J connectivity index is 2.27. The Labute approximate surface area is 120 Å². The average Bonchev–Trinajstić information content (AvgIpc) is 2.66. The van der Waals surface area contributed by atoms with Gasteiger partial charge >= 0.3 is 0 Å². The van der Waals surface area contributed by atoms with Crippen molar-refractivity contribution in [2.45, 2.75) is 53.0 Å². The van der Waals surface area contributed by atoms with E-state index in [0.717, 1.165) is 10.7 Å². The molecule has 1 atom stereocenters. The van der Waals surface area contributed by atoms with E-state index in [1.54, 1.807) is 0 Å². The largest absolute Gasteiger partial charge is 0.330 e. The highest BCUT2D eigenvalue weighted by molar-refractivity contribution is 7.71. The first-order valence-corrected chi connectivity index (χ1v) is 7.61. The number of aromatic nitrogens is 2. The number of rotatable bonds is 5. The standard InChI is InChI=1S/C16H24N2S/c1-11(2)7-5-9-13(4)18-14-10-6-8-12(3)15(14)17-16(18)19/h6,8,10-11,13H,5,7,9H2,1-4H3,(H,17,19). The van der Waals surface area contributed by atoms with Crippen LogP contribution in [-0.2, 0) is 0 Å². The van der Waals surface area contributed by atoms with Crippen molar-refractivity contribution in [2.24, 2.45) is 5.92 Å².